The topological polar surface area (TPSA) is 105 Å². The number of non-ortho nitro benzene ring substituents is 1. The molecule has 2 N–H and O–H groups in total. The van der Waals surface area contributed by atoms with Crippen LogP contribution < -0.4 is 10.6 Å². The van der Waals surface area contributed by atoms with E-state index in [1.807, 2.05) is 6.92 Å². The summed E-state index contributed by atoms with van der Waals surface area (Å²) >= 11 is 0. The third kappa shape index (κ3) is 2.63. The fourth-order valence-electron chi connectivity index (χ4n) is 2.92. The lowest BCUT2D eigenvalue weighted by Gasteiger charge is -2.25. The molecule has 0 radical (unpaired) electrons. The highest BCUT2D eigenvalue weighted by Crippen LogP contribution is 2.33. The quantitative estimate of drug-likeness (QED) is 0.648. The Labute approximate surface area is 132 Å². The van der Waals surface area contributed by atoms with E-state index in [0.717, 1.165) is 6.42 Å². The molecule has 2 aliphatic rings. The number of hydrogen-bond donors (Lipinski definition) is 2. The number of nitrogens with one attached hydrogen (secondary N) is 2. The second-order valence-corrected chi connectivity index (χ2v) is 5.50. The monoisotopic (exact) mass is 316 g/mol. The van der Waals surface area contributed by atoms with E-state index in [4.69, 9.17) is 0 Å². The van der Waals surface area contributed by atoms with E-state index in [1.54, 1.807) is 17.0 Å². The first-order valence-electron chi connectivity index (χ1n) is 7.35. The van der Waals surface area contributed by atoms with Crippen molar-refractivity contribution in [1.29, 1.82) is 0 Å². The molecule has 1 atom stereocenters. The van der Waals surface area contributed by atoms with Crippen molar-refractivity contribution >= 4 is 17.6 Å². The van der Waals surface area contributed by atoms with E-state index in [1.165, 1.54) is 12.1 Å². The first kappa shape index (κ1) is 15.0. The van der Waals surface area contributed by atoms with Crippen LogP contribution >= 0.6 is 0 Å². The second-order valence-electron chi connectivity index (χ2n) is 5.50. The normalized spacial score (nSPS) is 20.2. The molecule has 0 aliphatic carbocycles. The van der Waals surface area contributed by atoms with Crippen LogP contribution in [-0.4, -0.2) is 34.9 Å². The molecule has 23 heavy (non-hydrogen) atoms. The molecule has 120 valence electrons. The number of hydrogen-bond acceptors (Lipinski definition) is 4. The fraction of sp³-hybridized carbons (Fsp3) is 0.333. The lowest BCUT2D eigenvalue weighted by atomic mass is 9.96. The van der Waals surface area contributed by atoms with Crippen molar-refractivity contribution in [3.63, 3.8) is 0 Å². The summed E-state index contributed by atoms with van der Waals surface area (Å²) in [5, 5.41) is 16.2. The molecule has 2 heterocycles. The molecule has 1 aromatic rings. The highest BCUT2D eigenvalue weighted by Gasteiger charge is 2.39. The second kappa shape index (κ2) is 5.71. The number of benzene rings is 1. The molecule has 1 unspecified atom stereocenters. The van der Waals surface area contributed by atoms with Gasteiger partial charge in [-0.25, -0.2) is 4.79 Å². The minimum Gasteiger partial charge on any atom is -0.333 e. The van der Waals surface area contributed by atoms with Crippen molar-refractivity contribution in [2.24, 2.45) is 0 Å². The lowest BCUT2D eigenvalue weighted by Crippen LogP contribution is -2.44. The number of nitrogens with zero attached hydrogens (tertiary/aromatic N) is 2. The number of nitro groups is 1. The molecule has 0 spiro atoms. The van der Waals surface area contributed by atoms with E-state index in [-0.39, 0.29) is 17.6 Å². The number of urea groups is 1. The van der Waals surface area contributed by atoms with Gasteiger partial charge in [0.15, 0.2) is 0 Å². The Hall–Kier alpha value is -2.90. The SMILES string of the molecule is CCCN1CC2=C(C1=O)C(c1ccc([N+](=O)[O-])cc1)NC(=O)N2. The highest BCUT2D eigenvalue weighted by molar-refractivity contribution is 6.01. The Morgan fingerprint density at radius 3 is 2.61 bits per heavy atom. The molecular weight excluding hydrogens is 300 g/mol. The summed E-state index contributed by atoms with van der Waals surface area (Å²) in [4.78, 5) is 36.4. The van der Waals surface area contributed by atoms with Gasteiger partial charge in [0, 0.05) is 18.7 Å². The Kier molecular flexibility index (Phi) is 3.73. The number of nitro benzene ring substituents is 1. The third-order valence-corrected chi connectivity index (χ3v) is 3.95. The first-order chi connectivity index (χ1) is 11.0. The van der Waals surface area contributed by atoms with Crippen LogP contribution in [0.2, 0.25) is 0 Å². The van der Waals surface area contributed by atoms with Gasteiger partial charge in [0.25, 0.3) is 11.6 Å². The Morgan fingerprint density at radius 1 is 1.30 bits per heavy atom. The van der Waals surface area contributed by atoms with E-state index in [9.17, 15) is 19.7 Å². The Balaban J connectivity index is 1.94. The number of carbonyl (C=O) groups is 2. The van der Waals surface area contributed by atoms with Crippen molar-refractivity contribution in [2.45, 2.75) is 19.4 Å². The van der Waals surface area contributed by atoms with Gasteiger partial charge < -0.3 is 15.5 Å². The highest BCUT2D eigenvalue weighted by atomic mass is 16.6. The van der Waals surface area contributed by atoms with Crippen molar-refractivity contribution in [1.82, 2.24) is 15.5 Å². The van der Waals surface area contributed by atoms with Crippen molar-refractivity contribution in [3.05, 3.63) is 51.2 Å². The summed E-state index contributed by atoms with van der Waals surface area (Å²) < 4.78 is 0. The zero-order valence-electron chi connectivity index (χ0n) is 12.5. The molecular formula is C15H16N4O4. The van der Waals surface area contributed by atoms with Crippen molar-refractivity contribution in [3.8, 4) is 0 Å². The fourth-order valence-corrected chi connectivity index (χ4v) is 2.92. The molecule has 2 aliphatic heterocycles. The lowest BCUT2D eigenvalue weighted by molar-refractivity contribution is -0.384. The van der Waals surface area contributed by atoms with Gasteiger partial charge in [-0.1, -0.05) is 6.92 Å². The van der Waals surface area contributed by atoms with E-state index >= 15 is 0 Å². The van der Waals surface area contributed by atoms with Crippen LogP contribution in [0.4, 0.5) is 10.5 Å². The van der Waals surface area contributed by atoms with Crippen LogP contribution in [0.1, 0.15) is 24.9 Å². The number of rotatable bonds is 4. The van der Waals surface area contributed by atoms with Gasteiger partial charge in [-0.3, -0.25) is 14.9 Å². The van der Waals surface area contributed by atoms with E-state index in [2.05, 4.69) is 10.6 Å². The zero-order chi connectivity index (χ0) is 16.6. The molecule has 1 aromatic carbocycles. The molecule has 8 heteroatoms. The summed E-state index contributed by atoms with van der Waals surface area (Å²) in [5.74, 6) is -0.113. The largest absolute Gasteiger partial charge is 0.333 e. The maximum Gasteiger partial charge on any atom is 0.319 e. The summed E-state index contributed by atoms with van der Waals surface area (Å²) in [6, 6.07) is 4.90. The minimum atomic E-state index is -0.589. The number of amides is 3. The molecule has 3 rings (SSSR count). The van der Waals surface area contributed by atoms with Crippen LogP contribution in [0, 0.1) is 10.1 Å². The molecule has 0 saturated heterocycles. The molecule has 0 fully saturated rings. The van der Waals surface area contributed by atoms with E-state index < -0.39 is 11.0 Å². The summed E-state index contributed by atoms with van der Waals surface area (Å²) in [6.07, 6.45) is 0.829. The average molecular weight is 316 g/mol. The summed E-state index contributed by atoms with van der Waals surface area (Å²) in [5.41, 5.74) is 1.72. The van der Waals surface area contributed by atoms with Crippen molar-refractivity contribution < 1.29 is 14.5 Å². The van der Waals surface area contributed by atoms with Gasteiger partial charge >= 0.3 is 6.03 Å². The predicted octanol–water partition coefficient (Wildman–Crippen LogP) is 1.45. The third-order valence-electron chi connectivity index (χ3n) is 3.95. The maximum absolute atomic E-state index is 12.6. The van der Waals surface area contributed by atoms with Crippen LogP contribution in [0.5, 0.6) is 0 Å². The number of carbonyl (C=O) groups excluding carboxylic acids is 2. The van der Waals surface area contributed by atoms with Crippen LogP contribution in [0.15, 0.2) is 35.5 Å². The Bertz CT molecular complexity index is 711. The minimum absolute atomic E-state index is 0.0337. The van der Waals surface area contributed by atoms with E-state index in [0.29, 0.717) is 29.9 Å². The molecule has 3 amide bonds. The summed E-state index contributed by atoms with van der Waals surface area (Å²) in [7, 11) is 0. The van der Waals surface area contributed by atoms with Gasteiger partial charge in [0.2, 0.25) is 0 Å². The molecule has 0 aromatic heterocycles. The van der Waals surface area contributed by atoms with Crippen LogP contribution in [-0.2, 0) is 4.79 Å². The van der Waals surface area contributed by atoms with Gasteiger partial charge in [0.05, 0.1) is 28.8 Å². The van der Waals surface area contributed by atoms with Gasteiger partial charge in [-0.05, 0) is 24.1 Å². The average Bonchev–Trinajstić information content (AvgIpc) is 2.83. The van der Waals surface area contributed by atoms with Crippen LogP contribution in [0.3, 0.4) is 0 Å². The van der Waals surface area contributed by atoms with Crippen molar-refractivity contribution in [2.75, 3.05) is 13.1 Å². The predicted molar refractivity (Wildman–Crippen MR) is 81.4 cm³/mol. The zero-order valence-corrected chi connectivity index (χ0v) is 12.5. The smallest absolute Gasteiger partial charge is 0.319 e. The first-order valence-corrected chi connectivity index (χ1v) is 7.35. The standard InChI is InChI=1S/C15H16N4O4/c1-2-7-18-8-11-12(14(18)20)13(17-15(21)16-11)9-3-5-10(6-4-9)19(22)23/h3-6,13H,2,7-8H2,1H3,(H2,16,17,21). The molecule has 0 bridgehead atoms. The van der Waals surface area contributed by atoms with Crippen LogP contribution in [0.25, 0.3) is 0 Å². The van der Waals surface area contributed by atoms with Gasteiger partial charge in [0.1, 0.15) is 0 Å². The van der Waals surface area contributed by atoms with Gasteiger partial charge in [-0.2, -0.15) is 0 Å². The summed E-state index contributed by atoms with van der Waals surface area (Å²) in [6.45, 7) is 2.99. The molecule has 8 nitrogen and oxygen atoms in total. The Morgan fingerprint density at radius 2 is 2.00 bits per heavy atom. The van der Waals surface area contributed by atoms with Gasteiger partial charge in [-0.15, -0.1) is 0 Å². The maximum atomic E-state index is 12.6. The molecule has 0 saturated carbocycles.